The minimum absolute atomic E-state index is 0.227. The standard InChI is InChI=1S/C16H27NO2/c1-6-16(7-2,8-3)17-12-13-9-10-14(18-4)11-15(13)19-5/h9-11,17H,6-8,12H2,1-5H3. The van der Waals surface area contributed by atoms with Gasteiger partial charge >= 0.3 is 0 Å². The Kier molecular flexibility index (Phi) is 6.16. The summed E-state index contributed by atoms with van der Waals surface area (Å²) in [5.41, 5.74) is 1.40. The Morgan fingerprint density at radius 2 is 1.63 bits per heavy atom. The van der Waals surface area contributed by atoms with Crippen molar-refractivity contribution in [3.8, 4) is 11.5 Å². The predicted octanol–water partition coefficient (Wildman–Crippen LogP) is 3.76. The maximum Gasteiger partial charge on any atom is 0.127 e. The average molecular weight is 265 g/mol. The van der Waals surface area contributed by atoms with E-state index in [0.29, 0.717) is 0 Å². The summed E-state index contributed by atoms with van der Waals surface area (Å²) in [6.45, 7) is 7.55. The fourth-order valence-electron chi connectivity index (χ4n) is 2.41. The van der Waals surface area contributed by atoms with Gasteiger partial charge in [0.2, 0.25) is 0 Å². The van der Waals surface area contributed by atoms with Gasteiger partial charge < -0.3 is 14.8 Å². The van der Waals surface area contributed by atoms with Crippen LogP contribution in [0.25, 0.3) is 0 Å². The largest absolute Gasteiger partial charge is 0.497 e. The molecule has 0 unspecified atom stereocenters. The second kappa shape index (κ2) is 7.39. The van der Waals surface area contributed by atoms with Crippen molar-refractivity contribution in [2.24, 2.45) is 0 Å². The highest BCUT2D eigenvalue weighted by Gasteiger charge is 2.23. The molecule has 0 heterocycles. The summed E-state index contributed by atoms with van der Waals surface area (Å²) in [7, 11) is 3.37. The molecule has 1 aromatic carbocycles. The third-order valence-electron chi connectivity index (χ3n) is 4.18. The monoisotopic (exact) mass is 265 g/mol. The van der Waals surface area contributed by atoms with Crippen LogP contribution < -0.4 is 14.8 Å². The number of rotatable bonds is 8. The molecule has 1 aromatic rings. The molecule has 0 amide bonds. The second-order valence-corrected chi connectivity index (χ2v) is 4.87. The summed E-state index contributed by atoms with van der Waals surface area (Å²) in [5.74, 6) is 1.71. The summed E-state index contributed by atoms with van der Waals surface area (Å²) >= 11 is 0. The number of hydrogen-bond acceptors (Lipinski definition) is 3. The number of methoxy groups -OCH3 is 2. The van der Waals surface area contributed by atoms with E-state index in [1.165, 1.54) is 5.56 Å². The molecular formula is C16H27NO2. The highest BCUT2D eigenvalue weighted by Crippen LogP contribution is 2.26. The van der Waals surface area contributed by atoms with Crippen LogP contribution in [0.1, 0.15) is 45.6 Å². The molecular weight excluding hydrogens is 238 g/mol. The summed E-state index contributed by atoms with van der Waals surface area (Å²) in [6.07, 6.45) is 3.41. The molecule has 0 radical (unpaired) electrons. The molecule has 3 heteroatoms. The molecule has 0 aliphatic heterocycles. The molecule has 0 saturated carbocycles. The van der Waals surface area contributed by atoms with Gasteiger partial charge in [-0.3, -0.25) is 0 Å². The maximum atomic E-state index is 5.43. The van der Waals surface area contributed by atoms with Gasteiger partial charge in [-0.2, -0.15) is 0 Å². The molecule has 0 atom stereocenters. The molecule has 0 spiro atoms. The van der Waals surface area contributed by atoms with Crippen LogP contribution in [0.3, 0.4) is 0 Å². The van der Waals surface area contributed by atoms with E-state index >= 15 is 0 Å². The van der Waals surface area contributed by atoms with Crippen LogP contribution in [0.2, 0.25) is 0 Å². The number of ether oxygens (including phenoxy) is 2. The van der Waals surface area contributed by atoms with Crippen molar-refractivity contribution < 1.29 is 9.47 Å². The van der Waals surface area contributed by atoms with Crippen molar-refractivity contribution in [2.75, 3.05) is 14.2 Å². The SMILES string of the molecule is CCC(CC)(CC)NCc1ccc(OC)cc1OC. The van der Waals surface area contributed by atoms with Gasteiger partial charge in [-0.1, -0.05) is 26.8 Å². The lowest BCUT2D eigenvalue weighted by Gasteiger charge is -2.32. The first-order chi connectivity index (χ1) is 9.14. The molecule has 0 aliphatic carbocycles. The Morgan fingerprint density at radius 3 is 2.11 bits per heavy atom. The van der Waals surface area contributed by atoms with Crippen molar-refractivity contribution >= 4 is 0 Å². The van der Waals surface area contributed by atoms with E-state index < -0.39 is 0 Å². The first-order valence-corrected chi connectivity index (χ1v) is 7.10. The van der Waals surface area contributed by atoms with Gasteiger partial charge in [-0.25, -0.2) is 0 Å². The van der Waals surface area contributed by atoms with Gasteiger partial charge in [-0.05, 0) is 25.3 Å². The first-order valence-electron chi connectivity index (χ1n) is 7.10. The second-order valence-electron chi connectivity index (χ2n) is 4.87. The number of benzene rings is 1. The van der Waals surface area contributed by atoms with E-state index in [-0.39, 0.29) is 5.54 Å². The Balaban J connectivity index is 2.82. The highest BCUT2D eigenvalue weighted by atomic mass is 16.5. The lowest BCUT2D eigenvalue weighted by molar-refractivity contribution is 0.285. The van der Waals surface area contributed by atoms with E-state index in [1.807, 2.05) is 12.1 Å². The molecule has 108 valence electrons. The van der Waals surface area contributed by atoms with Gasteiger partial charge in [-0.15, -0.1) is 0 Å². The van der Waals surface area contributed by atoms with Gasteiger partial charge in [0.1, 0.15) is 11.5 Å². The fraction of sp³-hybridized carbons (Fsp3) is 0.625. The zero-order chi connectivity index (χ0) is 14.3. The molecule has 3 nitrogen and oxygen atoms in total. The van der Waals surface area contributed by atoms with Crippen molar-refractivity contribution in [1.82, 2.24) is 5.32 Å². The quantitative estimate of drug-likeness (QED) is 0.776. The van der Waals surface area contributed by atoms with Crippen LogP contribution in [0, 0.1) is 0 Å². The zero-order valence-electron chi connectivity index (χ0n) is 12.9. The van der Waals surface area contributed by atoms with Crippen molar-refractivity contribution in [3.63, 3.8) is 0 Å². The Labute approximate surface area is 117 Å². The predicted molar refractivity (Wildman–Crippen MR) is 80.0 cm³/mol. The van der Waals surface area contributed by atoms with Gasteiger partial charge in [0.25, 0.3) is 0 Å². The van der Waals surface area contributed by atoms with Crippen molar-refractivity contribution in [2.45, 2.75) is 52.1 Å². The van der Waals surface area contributed by atoms with Crippen LogP contribution in [-0.2, 0) is 6.54 Å². The van der Waals surface area contributed by atoms with Gasteiger partial charge in [0.15, 0.2) is 0 Å². The van der Waals surface area contributed by atoms with Crippen molar-refractivity contribution in [3.05, 3.63) is 23.8 Å². The normalized spacial score (nSPS) is 11.4. The molecule has 1 rings (SSSR count). The molecule has 0 saturated heterocycles. The minimum Gasteiger partial charge on any atom is -0.497 e. The van der Waals surface area contributed by atoms with E-state index in [9.17, 15) is 0 Å². The number of nitrogens with one attached hydrogen (secondary N) is 1. The topological polar surface area (TPSA) is 30.5 Å². The van der Waals surface area contributed by atoms with Crippen LogP contribution in [0.4, 0.5) is 0 Å². The van der Waals surface area contributed by atoms with Crippen LogP contribution in [0.5, 0.6) is 11.5 Å². The lowest BCUT2D eigenvalue weighted by atomic mass is 9.89. The molecule has 1 N–H and O–H groups in total. The number of hydrogen-bond donors (Lipinski definition) is 1. The average Bonchev–Trinajstić information content (AvgIpc) is 2.49. The Hall–Kier alpha value is -1.22. The molecule has 0 bridgehead atoms. The van der Waals surface area contributed by atoms with E-state index in [2.05, 4.69) is 32.2 Å². The summed E-state index contributed by atoms with van der Waals surface area (Å²) in [5, 5.41) is 3.69. The highest BCUT2D eigenvalue weighted by molar-refractivity contribution is 5.40. The lowest BCUT2D eigenvalue weighted by Crippen LogP contribution is -2.43. The van der Waals surface area contributed by atoms with Crippen LogP contribution in [0.15, 0.2) is 18.2 Å². The van der Waals surface area contributed by atoms with Crippen molar-refractivity contribution in [1.29, 1.82) is 0 Å². The third kappa shape index (κ3) is 3.87. The van der Waals surface area contributed by atoms with Crippen LogP contribution >= 0.6 is 0 Å². The summed E-state index contributed by atoms with van der Waals surface area (Å²) < 4.78 is 10.7. The van der Waals surface area contributed by atoms with Gasteiger partial charge in [0, 0.05) is 23.7 Å². The zero-order valence-corrected chi connectivity index (χ0v) is 12.9. The molecule has 19 heavy (non-hydrogen) atoms. The fourth-order valence-corrected chi connectivity index (χ4v) is 2.41. The smallest absolute Gasteiger partial charge is 0.127 e. The van der Waals surface area contributed by atoms with Crippen LogP contribution in [-0.4, -0.2) is 19.8 Å². The van der Waals surface area contributed by atoms with Gasteiger partial charge in [0.05, 0.1) is 14.2 Å². The third-order valence-corrected chi connectivity index (χ3v) is 4.18. The van der Waals surface area contributed by atoms with E-state index in [4.69, 9.17) is 9.47 Å². The first kappa shape index (κ1) is 15.8. The molecule has 0 aliphatic rings. The summed E-state index contributed by atoms with van der Waals surface area (Å²) in [6, 6.07) is 5.98. The maximum absolute atomic E-state index is 5.43. The Bertz CT molecular complexity index is 378. The molecule has 0 fully saturated rings. The Morgan fingerprint density at radius 1 is 1.00 bits per heavy atom. The minimum atomic E-state index is 0.227. The van der Waals surface area contributed by atoms with E-state index in [1.54, 1.807) is 14.2 Å². The van der Waals surface area contributed by atoms with E-state index in [0.717, 1.165) is 37.3 Å². The summed E-state index contributed by atoms with van der Waals surface area (Å²) in [4.78, 5) is 0. The molecule has 0 aromatic heterocycles.